The van der Waals surface area contributed by atoms with Crippen LogP contribution in [0.4, 0.5) is 4.39 Å². The minimum atomic E-state index is -3.99. The van der Waals surface area contributed by atoms with E-state index in [1.807, 2.05) is 0 Å². The minimum Gasteiger partial charge on any atom is -0.367 e. The van der Waals surface area contributed by atoms with Crippen LogP contribution in [0.5, 0.6) is 0 Å². The van der Waals surface area contributed by atoms with Crippen molar-refractivity contribution in [1.82, 2.24) is 14.2 Å². The molecule has 0 radical (unpaired) electrons. The molecule has 1 saturated heterocycles. The van der Waals surface area contributed by atoms with Crippen molar-refractivity contribution in [3.05, 3.63) is 53.1 Å². The van der Waals surface area contributed by atoms with Gasteiger partial charge in [-0.05, 0) is 24.3 Å². The van der Waals surface area contributed by atoms with Gasteiger partial charge < -0.3 is 9.88 Å². The number of nitrogens with one attached hydrogen (secondary N) is 1. The molecule has 3 rings (SSSR count). The largest absolute Gasteiger partial charge is 0.367 e. The van der Waals surface area contributed by atoms with Crippen molar-refractivity contribution in [2.24, 2.45) is 0 Å². The Balaban J connectivity index is 1.74. The number of aromatic amines is 1. The number of hydrogen-bond donors (Lipinski definition) is 1. The molecule has 1 aliphatic heterocycles. The van der Waals surface area contributed by atoms with Gasteiger partial charge in [-0.3, -0.25) is 4.79 Å². The Hall–Kier alpha value is -1.90. The number of halogens is 2. The maximum absolute atomic E-state index is 13.9. The van der Waals surface area contributed by atoms with Crippen LogP contribution in [0.3, 0.4) is 0 Å². The fourth-order valence-corrected chi connectivity index (χ4v) is 4.33. The van der Waals surface area contributed by atoms with Gasteiger partial charge in [0.1, 0.15) is 10.7 Å². The van der Waals surface area contributed by atoms with E-state index in [9.17, 15) is 17.6 Å². The highest BCUT2D eigenvalue weighted by Crippen LogP contribution is 2.24. The molecule has 0 spiro atoms. The molecule has 1 aromatic carbocycles. The average molecular weight is 372 g/mol. The molecule has 0 unspecified atom stereocenters. The minimum absolute atomic E-state index is 0.102. The summed E-state index contributed by atoms with van der Waals surface area (Å²) in [5.41, 5.74) is 0.521. The summed E-state index contributed by atoms with van der Waals surface area (Å²) < 4.78 is 40.2. The van der Waals surface area contributed by atoms with Gasteiger partial charge in [0.05, 0.1) is 5.56 Å². The number of carbonyl (C=O) groups is 1. The van der Waals surface area contributed by atoms with Crippen LogP contribution in [0.1, 0.15) is 10.4 Å². The lowest BCUT2D eigenvalue weighted by Crippen LogP contribution is -2.50. The van der Waals surface area contributed by atoms with Crippen molar-refractivity contribution >= 4 is 27.5 Å². The third-order valence-corrected chi connectivity index (χ3v) is 6.03. The molecule has 1 fully saturated rings. The van der Waals surface area contributed by atoms with Gasteiger partial charge in [0.25, 0.3) is 5.91 Å². The average Bonchev–Trinajstić information content (AvgIpc) is 3.11. The Kier molecular flexibility index (Phi) is 4.62. The quantitative estimate of drug-likeness (QED) is 0.896. The molecule has 24 heavy (non-hydrogen) atoms. The second-order valence-electron chi connectivity index (χ2n) is 5.37. The highest BCUT2D eigenvalue weighted by Gasteiger charge is 2.32. The van der Waals surface area contributed by atoms with Gasteiger partial charge in [-0.25, -0.2) is 12.8 Å². The number of amides is 1. The molecule has 128 valence electrons. The predicted molar refractivity (Wildman–Crippen MR) is 86.9 cm³/mol. The summed E-state index contributed by atoms with van der Waals surface area (Å²) in [6.45, 7) is 0.686. The van der Waals surface area contributed by atoms with Crippen molar-refractivity contribution in [2.75, 3.05) is 26.2 Å². The van der Waals surface area contributed by atoms with Crippen LogP contribution in [0.25, 0.3) is 0 Å². The van der Waals surface area contributed by atoms with E-state index < -0.39 is 20.7 Å². The van der Waals surface area contributed by atoms with Crippen LogP contribution in [-0.2, 0) is 10.0 Å². The monoisotopic (exact) mass is 371 g/mol. The Bertz CT molecular complexity index is 847. The van der Waals surface area contributed by atoms with Gasteiger partial charge in [-0.15, -0.1) is 0 Å². The number of nitrogens with zero attached hydrogens (tertiary/aromatic N) is 2. The van der Waals surface area contributed by atoms with Crippen LogP contribution in [0, 0.1) is 5.82 Å². The molecule has 6 nitrogen and oxygen atoms in total. The molecule has 0 saturated carbocycles. The van der Waals surface area contributed by atoms with Gasteiger partial charge in [-0.2, -0.15) is 4.31 Å². The lowest BCUT2D eigenvalue weighted by Gasteiger charge is -2.33. The normalized spacial score (nSPS) is 16.3. The molecule has 1 N–H and O–H groups in total. The third-order valence-electron chi connectivity index (χ3n) is 3.88. The number of benzene rings is 1. The van der Waals surface area contributed by atoms with E-state index in [-0.39, 0.29) is 37.1 Å². The van der Waals surface area contributed by atoms with Crippen molar-refractivity contribution in [1.29, 1.82) is 0 Å². The first-order chi connectivity index (χ1) is 11.4. The maximum atomic E-state index is 13.9. The summed E-state index contributed by atoms with van der Waals surface area (Å²) in [7, 11) is -3.99. The fraction of sp³-hybridized carbons (Fsp3) is 0.267. The summed E-state index contributed by atoms with van der Waals surface area (Å²) >= 11 is 5.78. The van der Waals surface area contributed by atoms with E-state index >= 15 is 0 Å². The molecule has 0 bridgehead atoms. The SMILES string of the molecule is O=C(c1cc[nH]c1)N1CCN(S(=O)(=O)c2cc(Cl)ccc2F)CC1. The first-order valence-electron chi connectivity index (χ1n) is 7.27. The predicted octanol–water partition coefficient (Wildman–Crippen LogP) is 1.95. The van der Waals surface area contributed by atoms with Crippen LogP contribution >= 0.6 is 11.6 Å². The number of sulfonamides is 1. The molecule has 9 heteroatoms. The van der Waals surface area contributed by atoms with E-state index in [0.29, 0.717) is 5.56 Å². The summed E-state index contributed by atoms with van der Waals surface area (Å²) in [6.07, 6.45) is 3.24. The van der Waals surface area contributed by atoms with Gasteiger partial charge in [0.2, 0.25) is 10.0 Å². The van der Waals surface area contributed by atoms with Gasteiger partial charge in [-0.1, -0.05) is 11.6 Å². The van der Waals surface area contributed by atoms with Crippen LogP contribution in [-0.4, -0.2) is 54.7 Å². The Morgan fingerprint density at radius 1 is 1.17 bits per heavy atom. The van der Waals surface area contributed by atoms with Crippen LogP contribution in [0.15, 0.2) is 41.6 Å². The first-order valence-corrected chi connectivity index (χ1v) is 9.08. The third kappa shape index (κ3) is 3.17. The molecule has 1 aliphatic rings. The molecule has 0 aliphatic carbocycles. The van der Waals surface area contributed by atoms with E-state index in [2.05, 4.69) is 4.98 Å². The molecule has 0 atom stereocenters. The van der Waals surface area contributed by atoms with Crippen molar-refractivity contribution in [3.63, 3.8) is 0 Å². The van der Waals surface area contributed by atoms with Gasteiger partial charge >= 0.3 is 0 Å². The topological polar surface area (TPSA) is 73.5 Å². The Morgan fingerprint density at radius 3 is 2.50 bits per heavy atom. The number of rotatable bonds is 3. The zero-order chi connectivity index (χ0) is 17.3. The van der Waals surface area contributed by atoms with E-state index in [1.54, 1.807) is 23.4 Å². The number of H-pyrrole nitrogens is 1. The smallest absolute Gasteiger partial charge is 0.255 e. The summed E-state index contributed by atoms with van der Waals surface area (Å²) in [4.78, 5) is 16.2. The van der Waals surface area contributed by atoms with Gasteiger partial charge in [0, 0.05) is 43.6 Å². The maximum Gasteiger partial charge on any atom is 0.255 e. The van der Waals surface area contributed by atoms with Crippen molar-refractivity contribution in [2.45, 2.75) is 4.90 Å². The number of carbonyl (C=O) groups excluding carboxylic acids is 1. The highest BCUT2D eigenvalue weighted by atomic mass is 35.5. The zero-order valence-corrected chi connectivity index (χ0v) is 14.1. The fourth-order valence-electron chi connectivity index (χ4n) is 2.59. The molecule has 2 aromatic rings. The molecule has 1 aromatic heterocycles. The highest BCUT2D eigenvalue weighted by molar-refractivity contribution is 7.89. The van der Waals surface area contributed by atoms with E-state index in [4.69, 9.17) is 11.6 Å². The Morgan fingerprint density at radius 2 is 1.88 bits per heavy atom. The lowest BCUT2D eigenvalue weighted by atomic mass is 10.2. The molecular weight excluding hydrogens is 357 g/mol. The number of hydrogen-bond acceptors (Lipinski definition) is 3. The van der Waals surface area contributed by atoms with Crippen LogP contribution < -0.4 is 0 Å². The lowest BCUT2D eigenvalue weighted by molar-refractivity contribution is 0.0698. The van der Waals surface area contributed by atoms with Crippen LogP contribution in [0.2, 0.25) is 5.02 Å². The standard InChI is InChI=1S/C15H15ClFN3O3S/c16-12-1-2-13(17)14(9-12)24(22,23)20-7-5-19(6-8-20)15(21)11-3-4-18-10-11/h1-4,9-10,18H,5-8H2. The molecular formula is C15H15ClFN3O3S. The molecule has 1 amide bonds. The van der Waals surface area contributed by atoms with Crippen molar-refractivity contribution < 1.29 is 17.6 Å². The summed E-state index contributed by atoms with van der Waals surface area (Å²) in [6, 6.07) is 5.08. The zero-order valence-electron chi connectivity index (χ0n) is 12.6. The number of piperazine rings is 1. The summed E-state index contributed by atoms with van der Waals surface area (Å²) in [5.74, 6) is -1.01. The molecule has 2 heterocycles. The van der Waals surface area contributed by atoms with E-state index in [0.717, 1.165) is 12.1 Å². The van der Waals surface area contributed by atoms with Gasteiger partial charge in [0.15, 0.2) is 0 Å². The second-order valence-corrected chi connectivity index (χ2v) is 7.71. The second kappa shape index (κ2) is 6.54. The first kappa shape index (κ1) is 16.9. The summed E-state index contributed by atoms with van der Waals surface area (Å²) in [5, 5.41) is 0.149. The number of aromatic nitrogens is 1. The van der Waals surface area contributed by atoms with E-state index in [1.165, 1.54) is 10.4 Å². The van der Waals surface area contributed by atoms with Crippen molar-refractivity contribution in [3.8, 4) is 0 Å². The Labute approximate surface area is 143 Å².